The summed E-state index contributed by atoms with van der Waals surface area (Å²) >= 11 is 0. The average Bonchev–Trinajstić information content (AvgIpc) is 2.69. The van der Waals surface area contributed by atoms with Crippen LogP contribution in [-0.2, 0) is 9.47 Å². The second kappa shape index (κ2) is 5.93. The van der Waals surface area contributed by atoms with E-state index < -0.39 is 12.2 Å². The van der Waals surface area contributed by atoms with Gasteiger partial charge in [-0.2, -0.15) is 0 Å². The molecule has 1 unspecified atom stereocenters. The van der Waals surface area contributed by atoms with E-state index in [2.05, 4.69) is 4.90 Å². The van der Waals surface area contributed by atoms with Crippen LogP contribution in [0.2, 0.25) is 0 Å². The van der Waals surface area contributed by atoms with E-state index in [0.29, 0.717) is 32.7 Å². The molecule has 2 saturated heterocycles. The zero-order valence-electron chi connectivity index (χ0n) is 9.55. The van der Waals surface area contributed by atoms with Gasteiger partial charge >= 0.3 is 0 Å². The van der Waals surface area contributed by atoms with Crippen molar-refractivity contribution >= 4 is 0 Å². The highest BCUT2D eigenvalue weighted by Crippen LogP contribution is 2.11. The Morgan fingerprint density at radius 1 is 1.25 bits per heavy atom. The van der Waals surface area contributed by atoms with Crippen LogP contribution in [-0.4, -0.2) is 72.9 Å². The standard InChI is InChI=1S/C11H21NO4/c13-9-5-10(14)7-12(6-9)2-4-16-11-1-3-15-8-11/h9-11,13-14H,1-8H2/t9-,10+,11?. The highest BCUT2D eigenvalue weighted by molar-refractivity contribution is 4.78. The molecule has 0 saturated carbocycles. The number of aliphatic hydroxyl groups is 2. The number of rotatable bonds is 4. The molecule has 0 aromatic heterocycles. The minimum Gasteiger partial charge on any atom is -0.392 e. The fourth-order valence-electron chi connectivity index (χ4n) is 2.31. The molecule has 2 N–H and O–H groups in total. The summed E-state index contributed by atoms with van der Waals surface area (Å²) < 4.78 is 10.9. The Morgan fingerprint density at radius 2 is 2.00 bits per heavy atom. The fourth-order valence-corrected chi connectivity index (χ4v) is 2.31. The fraction of sp³-hybridized carbons (Fsp3) is 1.00. The Bertz CT molecular complexity index is 198. The molecular formula is C11H21NO4. The van der Waals surface area contributed by atoms with Crippen LogP contribution < -0.4 is 0 Å². The van der Waals surface area contributed by atoms with Crippen molar-refractivity contribution in [1.82, 2.24) is 4.90 Å². The van der Waals surface area contributed by atoms with Crippen molar-refractivity contribution in [3.8, 4) is 0 Å². The molecule has 2 rings (SSSR count). The van der Waals surface area contributed by atoms with E-state index in [1.807, 2.05) is 0 Å². The van der Waals surface area contributed by atoms with Gasteiger partial charge < -0.3 is 19.7 Å². The van der Waals surface area contributed by atoms with Crippen molar-refractivity contribution in [3.63, 3.8) is 0 Å². The first-order valence-electron chi connectivity index (χ1n) is 6.02. The zero-order valence-corrected chi connectivity index (χ0v) is 9.55. The minimum absolute atomic E-state index is 0.236. The van der Waals surface area contributed by atoms with Crippen LogP contribution in [0.4, 0.5) is 0 Å². The highest BCUT2D eigenvalue weighted by atomic mass is 16.5. The van der Waals surface area contributed by atoms with Crippen molar-refractivity contribution in [3.05, 3.63) is 0 Å². The third-order valence-corrected chi connectivity index (χ3v) is 3.13. The van der Waals surface area contributed by atoms with Crippen molar-refractivity contribution in [2.75, 3.05) is 39.5 Å². The molecule has 2 fully saturated rings. The van der Waals surface area contributed by atoms with Gasteiger partial charge in [-0.25, -0.2) is 0 Å². The quantitative estimate of drug-likeness (QED) is 0.664. The maximum absolute atomic E-state index is 9.50. The van der Waals surface area contributed by atoms with Crippen molar-refractivity contribution < 1.29 is 19.7 Å². The van der Waals surface area contributed by atoms with Crippen LogP contribution >= 0.6 is 0 Å². The zero-order chi connectivity index (χ0) is 11.4. The second-order valence-corrected chi connectivity index (χ2v) is 4.66. The molecule has 2 aliphatic heterocycles. The summed E-state index contributed by atoms with van der Waals surface area (Å²) in [5, 5.41) is 19.0. The van der Waals surface area contributed by atoms with Crippen molar-refractivity contribution in [1.29, 1.82) is 0 Å². The van der Waals surface area contributed by atoms with E-state index in [9.17, 15) is 10.2 Å². The van der Waals surface area contributed by atoms with Crippen molar-refractivity contribution in [2.24, 2.45) is 0 Å². The van der Waals surface area contributed by atoms with Gasteiger partial charge in [0.05, 0.1) is 31.5 Å². The Kier molecular flexibility index (Phi) is 4.55. The Balaban J connectivity index is 1.61. The van der Waals surface area contributed by atoms with Gasteiger partial charge in [0.15, 0.2) is 0 Å². The van der Waals surface area contributed by atoms with Crippen LogP contribution in [0, 0.1) is 0 Å². The van der Waals surface area contributed by atoms with Gasteiger partial charge in [0, 0.05) is 32.7 Å². The lowest BCUT2D eigenvalue weighted by atomic mass is 10.1. The number of hydrogen-bond acceptors (Lipinski definition) is 5. The summed E-state index contributed by atoms with van der Waals surface area (Å²) in [5.74, 6) is 0. The molecule has 3 atom stereocenters. The molecule has 2 heterocycles. The summed E-state index contributed by atoms with van der Waals surface area (Å²) in [6, 6.07) is 0. The molecule has 0 aromatic rings. The van der Waals surface area contributed by atoms with E-state index in [1.54, 1.807) is 0 Å². The van der Waals surface area contributed by atoms with E-state index in [0.717, 1.165) is 19.6 Å². The first-order valence-corrected chi connectivity index (χ1v) is 6.02. The first kappa shape index (κ1) is 12.3. The van der Waals surface area contributed by atoms with Gasteiger partial charge in [-0.3, -0.25) is 4.90 Å². The molecule has 0 aliphatic carbocycles. The normalized spacial score (nSPS) is 36.8. The van der Waals surface area contributed by atoms with E-state index in [-0.39, 0.29) is 6.10 Å². The molecule has 5 heteroatoms. The SMILES string of the molecule is O[C@@H]1C[C@H](O)CN(CCOC2CCOC2)C1. The van der Waals surface area contributed by atoms with E-state index >= 15 is 0 Å². The maximum Gasteiger partial charge on any atom is 0.0831 e. The Labute approximate surface area is 96.0 Å². The lowest BCUT2D eigenvalue weighted by molar-refractivity contribution is -0.0271. The van der Waals surface area contributed by atoms with Crippen LogP contribution in [0.25, 0.3) is 0 Å². The number of β-amino-alcohol motifs (C(OH)–C–C–N with tert-alkyl or cyclic N) is 2. The molecule has 0 aromatic carbocycles. The second-order valence-electron chi connectivity index (χ2n) is 4.66. The molecule has 5 nitrogen and oxygen atoms in total. The molecule has 94 valence electrons. The molecule has 0 bridgehead atoms. The summed E-state index contributed by atoms with van der Waals surface area (Å²) in [6.45, 7) is 4.19. The number of likely N-dealkylation sites (tertiary alicyclic amines) is 1. The molecule has 16 heavy (non-hydrogen) atoms. The highest BCUT2D eigenvalue weighted by Gasteiger charge is 2.24. The molecule has 0 amide bonds. The van der Waals surface area contributed by atoms with Gasteiger partial charge in [-0.1, -0.05) is 0 Å². The predicted molar refractivity (Wildman–Crippen MR) is 58.2 cm³/mol. The Morgan fingerprint density at radius 3 is 2.62 bits per heavy atom. The van der Waals surface area contributed by atoms with Crippen molar-refractivity contribution in [2.45, 2.75) is 31.2 Å². The van der Waals surface area contributed by atoms with Gasteiger partial charge in [0.25, 0.3) is 0 Å². The number of piperidine rings is 1. The van der Waals surface area contributed by atoms with Crippen LogP contribution in [0.15, 0.2) is 0 Å². The lowest BCUT2D eigenvalue weighted by Gasteiger charge is -2.33. The molecular weight excluding hydrogens is 210 g/mol. The summed E-state index contributed by atoms with van der Waals surface area (Å²) in [5.41, 5.74) is 0. The van der Waals surface area contributed by atoms with Gasteiger partial charge in [0.2, 0.25) is 0 Å². The number of hydrogen-bond donors (Lipinski definition) is 2. The summed E-state index contributed by atoms with van der Waals surface area (Å²) in [4.78, 5) is 2.05. The largest absolute Gasteiger partial charge is 0.392 e. The van der Waals surface area contributed by atoms with Gasteiger partial charge in [-0.15, -0.1) is 0 Å². The van der Waals surface area contributed by atoms with Gasteiger partial charge in [-0.05, 0) is 6.42 Å². The predicted octanol–water partition coefficient (Wildman–Crippen LogP) is -0.781. The molecule has 0 radical (unpaired) electrons. The molecule has 2 aliphatic rings. The third-order valence-electron chi connectivity index (χ3n) is 3.13. The van der Waals surface area contributed by atoms with Crippen LogP contribution in [0.5, 0.6) is 0 Å². The molecule has 0 spiro atoms. The monoisotopic (exact) mass is 231 g/mol. The minimum atomic E-state index is -0.404. The van der Waals surface area contributed by atoms with Crippen LogP contribution in [0.1, 0.15) is 12.8 Å². The average molecular weight is 231 g/mol. The smallest absolute Gasteiger partial charge is 0.0831 e. The number of ether oxygens (including phenoxy) is 2. The maximum atomic E-state index is 9.50. The topological polar surface area (TPSA) is 62.2 Å². The number of nitrogens with zero attached hydrogens (tertiary/aromatic N) is 1. The Hall–Kier alpha value is -0.200. The first-order chi connectivity index (χ1) is 7.74. The summed E-state index contributed by atoms with van der Waals surface area (Å²) in [7, 11) is 0. The van der Waals surface area contributed by atoms with E-state index in [1.165, 1.54) is 0 Å². The van der Waals surface area contributed by atoms with E-state index in [4.69, 9.17) is 9.47 Å². The van der Waals surface area contributed by atoms with Gasteiger partial charge in [0.1, 0.15) is 0 Å². The third kappa shape index (κ3) is 3.68. The number of aliphatic hydroxyl groups excluding tert-OH is 2. The summed E-state index contributed by atoms with van der Waals surface area (Å²) in [6.07, 6.45) is 0.899. The lowest BCUT2D eigenvalue weighted by Crippen LogP contribution is -2.46. The van der Waals surface area contributed by atoms with Crippen LogP contribution in [0.3, 0.4) is 0 Å².